The fourth-order valence-corrected chi connectivity index (χ4v) is 5.10. The van der Waals surface area contributed by atoms with E-state index in [-0.39, 0.29) is 0 Å². The first kappa shape index (κ1) is 18.6. The van der Waals surface area contributed by atoms with Gasteiger partial charge >= 0.3 is 0 Å². The summed E-state index contributed by atoms with van der Waals surface area (Å²) in [4.78, 5) is 0. The van der Waals surface area contributed by atoms with Crippen LogP contribution < -0.4 is 0 Å². The third-order valence-corrected chi connectivity index (χ3v) is 6.70. The summed E-state index contributed by atoms with van der Waals surface area (Å²) in [5.41, 5.74) is 0.969. The Morgan fingerprint density at radius 2 is 1.48 bits per heavy atom. The average molecular weight is 347 g/mol. The van der Waals surface area contributed by atoms with E-state index in [0.717, 1.165) is 17.8 Å². The van der Waals surface area contributed by atoms with Gasteiger partial charge in [0.25, 0.3) is 0 Å². The van der Waals surface area contributed by atoms with Crippen molar-refractivity contribution in [3.8, 4) is 0 Å². The summed E-state index contributed by atoms with van der Waals surface area (Å²) in [7, 11) is 0. The molecular weight excluding hydrogens is 314 g/mol. The van der Waals surface area contributed by atoms with Crippen molar-refractivity contribution in [3.63, 3.8) is 0 Å². The van der Waals surface area contributed by atoms with Gasteiger partial charge in [-0.3, -0.25) is 0 Å². The average Bonchev–Trinajstić information content (AvgIpc) is 2.64. The summed E-state index contributed by atoms with van der Waals surface area (Å²) in [6.07, 6.45) is 15.6. The van der Waals surface area contributed by atoms with Crippen LogP contribution in [0.15, 0.2) is 24.3 Å². The van der Waals surface area contributed by atoms with E-state index in [1.165, 1.54) is 51.4 Å². The second-order valence-electron chi connectivity index (χ2n) is 8.36. The normalized spacial score (nSPS) is 30.7. The molecule has 1 aromatic carbocycles. The molecule has 0 aliphatic heterocycles. The van der Waals surface area contributed by atoms with Crippen LogP contribution in [0.3, 0.4) is 0 Å². The van der Waals surface area contributed by atoms with Crippen molar-refractivity contribution in [3.05, 3.63) is 47.0 Å². The molecule has 0 amide bonds. The van der Waals surface area contributed by atoms with Crippen molar-refractivity contribution in [2.75, 3.05) is 0 Å². The van der Waals surface area contributed by atoms with Crippen LogP contribution >= 0.6 is 0 Å². The van der Waals surface area contributed by atoms with Crippen LogP contribution in [0.1, 0.15) is 69.4 Å². The van der Waals surface area contributed by atoms with Gasteiger partial charge < -0.3 is 0 Å². The molecule has 0 aromatic heterocycles. The number of allylic oxidation sites excluding steroid dienone is 2. The van der Waals surface area contributed by atoms with Crippen LogP contribution in [-0.2, 0) is 6.42 Å². The Morgan fingerprint density at radius 3 is 2.08 bits per heavy atom. The van der Waals surface area contributed by atoms with E-state index < -0.39 is 11.6 Å². The minimum atomic E-state index is -0.663. The highest BCUT2D eigenvalue weighted by atomic mass is 19.2. The SMILES string of the molecule is CC=CC1CCC(C2CCC(Cc3ccc(C)c(F)c3F)CC2)CC1. The summed E-state index contributed by atoms with van der Waals surface area (Å²) in [6, 6.07) is 3.49. The predicted octanol–water partition coefficient (Wildman–Crippen LogP) is 7.00. The van der Waals surface area contributed by atoms with Gasteiger partial charge in [0, 0.05) is 0 Å². The second kappa shape index (κ2) is 8.47. The van der Waals surface area contributed by atoms with Crippen LogP contribution in [0.25, 0.3) is 0 Å². The third kappa shape index (κ3) is 4.51. The molecule has 0 unspecified atom stereocenters. The Balaban J connectivity index is 1.49. The van der Waals surface area contributed by atoms with Gasteiger partial charge in [0.15, 0.2) is 11.6 Å². The summed E-state index contributed by atoms with van der Waals surface area (Å²) >= 11 is 0. The number of rotatable bonds is 4. The lowest BCUT2D eigenvalue weighted by molar-refractivity contribution is 0.155. The minimum Gasteiger partial charge on any atom is -0.203 e. The summed E-state index contributed by atoms with van der Waals surface area (Å²) in [5, 5.41) is 0. The number of halogens is 2. The van der Waals surface area contributed by atoms with Crippen LogP contribution in [0.4, 0.5) is 8.78 Å². The van der Waals surface area contributed by atoms with E-state index in [1.807, 2.05) is 0 Å². The van der Waals surface area contributed by atoms with E-state index in [2.05, 4.69) is 19.1 Å². The third-order valence-electron chi connectivity index (χ3n) is 6.70. The summed E-state index contributed by atoms with van der Waals surface area (Å²) in [6.45, 7) is 3.74. The number of aryl methyl sites for hydroxylation is 1. The molecule has 2 saturated carbocycles. The first-order valence-corrected chi connectivity index (χ1v) is 10.1. The van der Waals surface area contributed by atoms with Crippen molar-refractivity contribution in [2.45, 2.75) is 71.6 Å². The maximum atomic E-state index is 14.1. The monoisotopic (exact) mass is 346 g/mol. The molecule has 138 valence electrons. The number of hydrogen-bond donors (Lipinski definition) is 0. The van der Waals surface area contributed by atoms with E-state index in [0.29, 0.717) is 23.5 Å². The van der Waals surface area contributed by atoms with Crippen molar-refractivity contribution in [1.82, 2.24) is 0 Å². The molecule has 0 heterocycles. The first-order valence-electron chi connectivity index (χ1n) is 10.1. The number of benzene rings is 1. The van der Waals surface area contributed by atoms with Gasteiger partial charge in [-0.25, -0.2) is 8.78 Å². The first-order chi connectivity index (χ1) is 12.1. The van der Waals surface area contributed by atoms with E-state index in [1.54, 1.807) is 19.1 Å². The van der Waals surface area contributed by atoms with Crippen molar-refractivity contribution in [1.29, 1.82) is 0 Å². The van der Waals surface area contributed by atoms with Crippen molar-refractivity contribution >= 4 is 0 Å². The maximum absolute atomic E-state index is 14.1. The molecule has 3 rings (SSSR count). The molecule has 0 atom stereocenters. The quantitative estimate of drug-likeness (QED) is 0.515. The molecule has 0 N–H and O–H groups in total. The van der Waals surface area contributed by atoms with Crippen molar-refractivity contribution in [2.24, 2.45) is 23.7 Å². The summed E-state index contributed by atoms with van der Waals surface area (Å²) < 4.78 is 27.9. The van der Waals surface area contributed by atoms with Gasteiger partial charge in [-0.05, 0) is 106 Å². The standard InChI is InChI=1S/C23H32F2/c1-3-4-17-6-11-19(12-7-17)20-13-8-18(9-14-20)15-21-10-5-16(2)22(24)23(21)25/h3-5,10,17-20H,6-9,11-15H2,1-2H3. The lowest BCUT2D eigenvalue weighted by Gasteiger charge is -2.37. The van der Waals surface area contributed by atoms with Crippen molar-refractivity contribution < 1.29 is 8.78 Å². The van der Waals surface area contributed by atoms with Gasteiger partial charge in [0.2, 0.25) is 0 Å². The highest BCUT2D eigenvalue weighted by molar-refractivity contribution is 5.25. The summed E-state index contributed by atoms with van der Waals surface area (Å²) in [5.74, 6) is 1.80. The van der Waals surface area contributed by atoms with E-state index in [4.69, 9.17) is 0 Å². The largest absolute Gasteiger partial charge is 0.203 e. The van der Waals surface area contributed by atoms with Gasteiger partial charge in [-0.1, -0.05) is 24.3 Å². The lowest BCUT2D eigenvalue weighted by atomic mass is 9.68. The van der Waals surface area contributed by atoms with Crippen LogP contribution in [0.2, 0.25) is 0 Å². The van der Waals surface area contributed by atoms with Gasteiger partial charge in [-0.2, -0.15) is 0 Å². The Kier molecular flexibility index (Phi) is 6.30. The highest BCUT2D eigenvalue weighted by Gasteiger charge is 2.30. The molecule has 2 aliphatic rings. The molecule has 0 bridgehead atoms. The topological polar surface area (TPSA) is 0 Å². The maximum Gasteiger partial charge on any atom is 0.162 e. The molecule has 0 saturated heterocycles. The zero-order chi connectivity index (χ0) is 17.8. The molecule has 2 fully saturated rings. The Bertz CT molecular complexity index is 588. The van der Waals surface area contributed by atoms with Gasteiger partial charge in [0.05, 0.1) is 0 Å². The van der Waals surface area contributed by atoms with Crippen LogP contribution in [-0.4, -0.2) is 0 Å². The van der Waals surface area contributed by atoms with E-state index >= 15 is 0 Å². The highest BCUT2D eigenvalue weighted by Crippen LogP contribution is 2.42. The van der Waals surface area contributed by atoms with Crippen LogP contribution in [0.5, 0.6) is 0 Å². The molecule has 2 heteroatoms. The number of hydrogen-bond acceptors (Lipinski definition) is 0. The fraction of sp³-hybridized carbons (Fsp3) is 0.652. The zero-order valence-corrected chi connectivity index (χ0v) is 15.7. The van der Waals surface area contributed by atoms with Crippen LogP contribution in [0, 0.1) is 42.2 Å². The fourth-order valence-electron chi connectivity index (χ4n) is 5.10. The molecule has 0 radical (unpaired) electrons. The van der Waals surface area contributed by atoms with E-state index in [9.17, 15) is 8.78 Å². The minimum absolute atomic E-state index is 0.401. The lowest BCUT2D eigenvalue weighted by Crippen LogP contribution is -2.26. The Morgan fingerprint density at radius 1 is 0.880 bits per heavy atom. The zero-order valence-electron chi connectivity index (χ0n) is 15.7. The molecule has 25 heavy (non-hydrogen) atoms. The predicted molar refractivity (Wildman–Crippen MR) is 101 cm³/mol. The molecule has 1 aromatic rings. The molecule has 2 aliphatic carbocycles. The Hall–Kier alpha value is -1.18. The second-order valence-corrected chi connectivity index (χ2v) is 8.36. The smallest absolute Gasteiger partial charge is 0.162 e. The van der Waals surface area contributed by atoms with Gasteiger partial charge in [-0.15, -0.1) is 0 Å². The molecular formula is C23H32F2. The molecule has 0 nitrogen and oxygen atoms in total. The Labute approximate surface area is 151 Å². The molecule has 0 spiro atoms. The van der Waals surface area contributed by atoms with Gasteiger partial charge in [0.1, 0.15) is 0 Å².